The Morgan fingerprint density at radius 1 is 1.42 bits per heavy atom. The van der Waals surface area contributed by atoms with Crippen LogP contribution in [0, 0.1) is 6.92 Å². The predicted octanol–water partition coefficient (Wildman–Crippen LogP) is 3.29. The van der Waals surface area contributed by atoms with Gasteiger partial charge in [0, 0.05) is 18.3 Å². The van der Waals surface area contributed by atoms with Crippen LogP contribution in [0.5, 0.6) is 5.75 Å². The smallest absolute Gasteiger partial charge is 0.122 e. The minimum atomic E-state index is 0.473. The molecule has 1 fully saturated rings. The van der Waals surface area contributed by atoms with E-state index in [-0.39, 0.29) is 0 Å². The molecule has 0 aliphatic carbocycles. The van der Waals surface area contributed by atoms with Gasteiger partial charge in [0.15, 0.2) is 0 Å². The first-order chi connectivity index (χ1) is 9.11. The number of anilines is 1. The Morgan fingerprint density at radius 2 is 2.21 bits per heavy atom. The molecular formula is C16H26N2O. The Kier molecular flexibility index (Phi) is 4.70. The van der Waals surface area contributed by atoms with Crippen LogP contribution in [0.2, 0.25) is 0 Å². The van der Waals surface area contributed by atoms with E-state index in [2.05, 4.69) is 43.5 Å². The second-order valence-electron chi connectivity index (χ2n) is 5.74. The maximum Gasteiger partial charge on any atom is 0.122 e. The second-order valence-corrected chi connectivity index (χ2v) is 5.74. The van der Waals surface area contributed by atoms with Gasteiger partial charge in [-0.05, 0) is 55.5 Å². The Hall–Kier alpha value is -1.22. The molecule has 0 amide bonds. The maximum absolute atomic E-state index is 5.48. The van der Waals surface area contributed by atoms with Crippen LogP contribution < -0.4 is 15.4 Å². The number of aryl methyl sites for hydroxylation is 1. The lowest BCUT2D eigenvalue weighted by Gasteiger charge is -2.19. The van der Waals surface area contributed by atoms with E-state index in [1.165, 1.54) is 29.7 Å². The van der Waals surface area contributed by atoms with Gasteiger partial charge in [-0.1, -0.05) is 13.8 Å². The number of hydrogen-bond donors (Lipinski definition) is 2. The SMILES string of the molecule is COc1cc(C)c(NCC2CCCN2)cc1C(C)C. The van der Waals surface area contributed by atoms with Crippen molar-refractivity contribution in [1.29, 1.82) is 0 Å². The van der Waals surface area contributed by atoms with Crippen molar-refractivity contribution in [1.82, 2.24) is 5.32 Å². The van der Waals surface area contributed by atoms with Gasteiger partial charge in [-0.3, -0.25) is 0 Å². The van der Waals surface area contributed by atoms with Crippen molar-refractivity contribution in [2.45, 2.75) is 45.6 Å². The van der Waals surface area contributed by atoms with Gasteiger partial charge in [0.2, 0.25) is 0 Å². The Labute approximate surface area is 116 Å². The first kappa shape index (κ1) is 14.2. The molecule has 3 nitrogen and oxygen atoms in total. The highest BCUT2D eigenvalue weighted by Crippen LogP contribution is 2.32. The van der Waals surface area contributed by atoms with Gasteiger partial charge in [-0.25, -0.2) is 0 Å². The van der Waals surface area contributed by atoms with E-state index in [1.807, 2.05) is 0 Å². The van der Waals surface area contributed by atoms with Crippen LogP contribution in [0.15, 0.2) is 12.1 Å². The summed E-state index contributed by atoms with van der Waals surface area (Å²) >= 11 is 0. The third-order valence-corrected chi connectivity index (χ3v) is 3.90. The summed E-state index contributed by atoms with van der Waals surface area (Å²) in [6.45, 7) is 8.71. The molecule has 1 aliphatic rings. The molecule has 1 atom stereocenters. The fraction of sp³-hybridized carbons (Fsp3) is 0.625. The van der Waals surface area contributed by atoms with E-state index in [9.17, 15) is 0 Å². The van der Waals surface area contributed by atoms with Gasteiger partial charge in [0.1, 0.15) is 5.75 Å². The van der Waals surface area contributed by atoms with Crippen molar-refractivity contribution in [3.8, 4) is 5.75 Å². The first-order valence-corrected chi connectivity index (χ1v) is 7.27. The predicted molar refractivity (Wildman–Crippen MR) is 81.3 cm³/mol. The van der Waals surface area contributed by atoms with Gasteiger partial charge in [0.25, 0.3) is 0 Å². The van der Waals surface area contributed by atoms with Crippen molar-refractivity contribution in [2.75, 3.05) is 25.5 Å². The molecule has 1 unspecified atom stereocenters. The zero-order valence-electron chi connectivity index (χ0n) is 12.5. The summed E-state index contributed by atoms with van der Waals surface area (Å²) in [4.78, 5) is 0. The number of methoxy groups -OCH3 is 1. The lowest BCUT2D eigenvalue weighted by Crippen LogP contribution is -2.29. The number of hydrogen-bond acceptors (Lipinski definition) is 3. The Bertz CT molecular complexity index is 423. The van der Waals surface area contributed by atoms with E-state index < -0.39 is 0 Å². The van der Waals surface area contributed by atoms with Crippen LogP contribution in [0.25, 0.3) is 0 Å². The van der Waals surface area contributed by atoms with Crippen molar-refractivity contribution >= 4 is 5.69 Å². The summed E-state index contributed by atoms with van der Waals surface area (Å²) < 4.78 is 5.48. The van der Waals surface area contributed by atoms with E-state index in [1.54, 1.807) is 7.11 Å². The summed E-state index contributed by atoms with van der Waals surface area (Å²) in [6.07, 6.45) is 2.57. The average molecular weight is 262 g/mol. The largest absolute Gasteiger partial charge is 0.496 e. The molecular weight excluding hydrogens is 236 g/mol. The highest BCUT2D eigenvalue weighted by Gasteiger charge is 2.15. The van der Waals surface area contributed by atoms with E-state index in [4.69, 9.17) is 4.74 Å². The van der Waals surface area contributed by atoms with E-state index >= 15 is 0 Å². The van der Waals surface area contributed by atoms with E-state index in [0.717, 1.165) is 18.8 Å². The van der Waals surface area contributed by atoms with Crippen LogP contribution in [0.4, 0.5) is 5.69 Å². The zero-order valence-corrected chi connectivity index (χ0v) is 12.5. The summed E-state index contributed by atoms with van der Waals surface area (Å²) in [6, 6.07) is 5.00. The maximum atomic E-state index is 5.48. The quantitative estimate of drug-likeness (QED) is 0.854. The number of nitrogens with one attached hydrogen (secondary N) is 2. The standard InChI is InChI=1S/C16H26N2O/c1-11(2)14-9-15(12(3)8-16(14)19-4)18-10-13-6-5-7-17-13/h8-9,11,13,17-18H,5-7,10H2,1-4H3. The van der Waals surface area contributed by atoms with Gasteiger partial charge in [-0.2, -0.15) is 0 Å². The molecule has 19 heavy (non-hydrogen) atoms. The molecule has 3 heteroatoms. The highest BCUT2D eigenvalue weighted by atomic mass is 16.5. The minimum absolute atomic E-state index is 0.473. The fourth-order valence-electron chi connectivity index (χ4n) is 2.68. The normalized spacial score (nSPS) is 18.9. The van der Waals surface area contributed by atoms with Crippen LogP contribution in [0.1, 0.15) is 43.7 Å². The summed E-state index contributed by atoms with van der Waals surface area (Å²) in [5, 5.41) is 7.10. The molecule has 1 aromatic rings. The van der Waals surface area contributed by atoms with Gasteiger partial charge in [-0.15, -0.1) is 0 Å². The number of ether oxygens (including phenoxy) is 1. The molecule has 1 saturated heterocycles. The van der Waals surface area contributed by atoms with Crippen molar-refractivity contribution in [2.24, 2.45) is 0 Å². The van der Waals surface area contributed by atoms with Gasteiger partial charge in [0.05, 0.1) is 7.11 Å². The third kappa shape index (κ3) is 3.41. The molecule has 0 saturated carbocycles. The molecule has 0 bridgehead atoms. The lowest BCUT2D eigenvalue weighted by atomic mass is 9.99. The summed E-state index contributed by atoms with van der Waals surface area (Å²) in [5.41, 5.74) is 3.76. The second kappa shape index (κ2) is 6.29. The Balaban J connectivity index is 2.12. The molecule has 2 rings (SSSR count). The Morgan fingerprint density at radius 3 is 2.79 bits per heavy atom. The van der Waals surface area contributed by atoms with Gasteiger partial charge >= 0.3 is 0 Å². The summed E-state index contributed by atoms with van der Waals surface area (Å²) in [7, 11) is 1.75. The van der Waals surface area contributed by atoms with Crippen LogP contribution in [0.3, 0.4) is 0 Å². The van der Waals surface area contributed by atoms with Crippen molar-refractivity contribution in [3.05, 3.63) is 23.3 Å². The fourth-order valence-corrected chi connectivity index (χ4v) is 2.68. The minimum Gasteiger partial charge on any atom is -0.496 e. The molecule has 0 aromatic heterocycles. The first-order valence-electron chi connectivity index (χ1n) is 7.27. The molecule has 106 valence electrons. The molecule has 0 radical (unpaired) electrons. The molecule has 1 heterocycles. The molecule has 2 N–H and O–H groups in total. The lowest BCUT2D eigenvalue weighted by molar-refractivity contribution is 0.407. The average Bonchev–Trinajstić information content (AvgIpc) is 2.89. The van der Waals surface area contributed by atoms with Crippen molar-refractivity contribution < 1.29 is 4.74 Å². The number of benzene rings is 1. The molecule has 0 spiro atoms. The molecule has 1 aliphatic heterocycles. The van der Waals surface area contributed by atoms with Crippen LogP contribution in [-0.4, -0.2) is 26.2 Å². The van der Waals surface area contributed by atoms with Crippen LogP contribution >= 0.6 is 0 Å². The number of rotatable bonds is 5. The monoisotopic (exact) mass is 262 g/mol. The third-order valence-electron chi connectivity index (χ3n) is 3.90. The summed E-state index contributed by atoms with van der Waals surface area (Å²) in [5.74, 6) is 1.47. The highest BCUT2D eigenvalue weighted by molar-refractivity contribution is 5.58. The van der Waals surface area contributed by atoms with Crippen LogP contribution in [-0.2, 0) is 0 Å². The topological polar surface area (TPSA) is 33.3 Å². The van der Waals surface area contributed by atoms with Gasteiger partial charge < -0.3 is 15.4 Å². The zero-order chi connectivity index (χ0) is 13.8. The van der Waals surface area contributed by atoms with Crippen molar-refractivity contribution in [3.63, 3.8) is 0 Å². The van der Waals surface area contributed by atoms with E-state index in [0.29, 0.717) is 12.0 Å². The molecule has 1 aromatic carbocycles.